The fourth-order valence-electron chi connectivity index (χ4n) is 8.06. The maximum atomic E-state index is 7.41. The van der Waals surface area contributed by atoms with Gasteiger partial charge in [0.25, 0.3) is 8.32 Å². The lowest BCUT2D eigenvalue weighted by molar-refractivity contribution is -0.335. The van der Waals surface area contributed by atoms with Gasteiger partial charge in [-0.05, 0) is 45.9 Å². The van der Waals surface area contributed by atoms with Crippen LogP contribution in [0.1, 0.15) is 65.2 Å². The van der Waals surface area contributed by atoms with E-state index in [1.807, 2.05) is 13.8 Å². The van der Waals surface area contributed by atoms with E-state index in [-0.39, 0.29) is 29.1 Å². The van der Waals surface area contributed by atoms with Crippen LogP contribution >= 0.6 is 0 Å². The minimum Gasteiger partial charge on any atom is -0.407 e. The molecule has 0 N–H and O–H groups in total. The number of ether oxygens (including phenoxy) is 3. The molecule has 6 rings (SSSR count). The first kappa shape index (κ1) is 36.9. The molecule has 0 radical (unpaired) electrons. The normalized spacial score (nSPS) is 20.1. The zero-order valence-electron chi connectivity index (χ0n) is 31.3. The Bertz CT molecular complexity index is 1650. The Morgan fingerprint density at radius 3 is 1.41 bits per heavy atom. The molecular weight excluding hydrogens is 645 g/mol. The molecule has 1 aliphatic rings. The molecule has 0 bridgehead atoms. The maximum Gasteiger partial charge on any atom is 0.261 e. The summed E-state index contributed by atoms with van der Waals surface area (Å²) in [5.74, 6) is -0.670. The van der Waals surface area contributed by atoms with Crippen LogP contribution in [0.2, 0.25) is 5.04 Å². The van der Waals surface area contributed by atoms with E-state index in [1.54, 1.807) is 0 Å². The van der Waals surface area contributed by atoms with Gasteiger partial charge in [-0.1, -0.05) is 186 Å². The quantitative estimate of drug-likeness (QED) is 0.0962. The van der Waals surface area contributed by atoms with Gasteiger partial charge in [0.1, 0.15) is 5.60 Å². The van der Waals surface area contributed by atoms with E-state index in [4.69, 9.17) is 18.6 Å². The molecule has 1 fully saturated rings. The van der Waals surface area contributed by atoms with Crippen LogP contribution in [0.15, 0.2) is 152 Å². The molecule has 0 unspecified atom stereocenters. The fourth-order valence-corrected chi connectivity index (χ4v) is 12.7. The zero-order valence-corrected chi connectivity index (χ0v) is 32.3. The molecular formula is C46H54O4Si. The maximum absolute atomic E-state index is 7.41. The minimum atomic E-state index is -2.71. The summed E-state index contributed by atoms with van der Waals surface area (Å²) in [6.45, 7) is 16.5. The first-order valence-electron chi connectivity index (χ1n) is 18.4. The first-order chi connectivity index (χ1) is 24.5. The Morgan fingerprint density at radius 2 is 1.02 bits per heavy atom. The molecule has 4 nitrogen and oxygen atoms in total. The summed E-state index contributed by atoms with van der Waals surface area (Å²) in [5, 5.41) is 2.45. The highest BCUT2D eigenvalue weighted by molar-refractivity contribution is 6.99. The highest BCUT2D eigenvalue weighted by atomic mass is 28.4. The van der Waals surface area contributed by atoms with Crippen LogP contribution in [-0.4, -0.2) is 39.5 Å². The smallest absolute Gasteiger partial charge is 0.261 e. The molecule has 0 spiro atoms. The number of benzene rings is 5. The van der Waals surface area contributed by atoms with Gasteiger partial charge in [-0.2, -0.15) is 0 Å². The molecule has 5 aromatic rings. The third-order valence-electron chi connectivity index (χ3n) is 10.5. The Kier molecular flexibility index (Phi) is 11.2. The van der Waals surface area contributed by atoms with Gasteiger partial charge in [-0.25, -0.2) is 0 Å². The molecule has 0 saturated carbocycles. The summed E-state index contributed by atoms with van der Waals surface area (Å²) in [6, 6.07) is 53.3. The molecule has 0 aliphatic carbocycles. The minimum absolute atomic E-state index is 0.0378. The topological polar surface area (TPSA) is 36.9 Å². The van der Waals surface area contributed by atoms with Gasteiger partial charge in [0.2, 0.25) is 0 Å². The van der Waals surface area contributed by atoms with Gasteiger partial charge in [0.05, 0.1) is 18.8 Å². The number of hydrogen-bond acceptors (Lipinski definition) is 4. The zero-order chi connectivity index (χ0) is 36.1. The monoisotopic (exact) mass is 698 g/mol. The largest absolute Gasteiger partial charge is 0.407 e. The van der Waals surface area contributed by atoms with Gasteiger partial charge in [-0.3, -0.25) is 0 Å². The molecule has 5 aromatic carbocycles. The van der Waals surface area contributed by atoms with Crippen molar-refractivity contribution in [2.75, 3.05) is 13.2 Å². The standard InChI is InChI=1S/C46H54O4Si/c1-35(33-48-51(44(3,4)5,40-29-19-11-20-30-40)41-31-21-12-22-32-41)43-36(2)42(49-45(6,7)50-43)34-47-46(37-23-13-8-14-24-37,38-25-15-9-16-26-38)39-27-17-10-18-28-39/h8-32,35-36,42-43H,33-34H2,1-7H3/t35-,36+,42+,43-/m0/s1. The molecule has 0 amide bonds. The van der Waals surface area contributed by atoms with Gasteiger partial charge in [-0.15, -0.1) is 0 Å². The summed E-state index contributed by atoms with van der Waals surface area (Å²) in [4.78, 5) is 0. The van der Waals surface area contributed by atoms with Crippen molar-refractivity contribution in [3.8, 4) is 0 Å². The van der Waals surface area contributed by atoms with E-state index in [1.165, 1.54) is 10.4 Å². The van der Waals surface area contributed by atoms with Crippen molar-refractivity contribution in [2.24, 2.45) is 11.8 Å². The predicted octanol–water partition coefficient (Wildman–Crippen LogP) is 9.36. The lowest BCUT2D eigenvalue weighted by Crippen LogP contribution is -2.67. The van der Waals surface area contributed by atoms with Crippen molar-refractivity contribution in [2.45, 2.75) is 77.1 Å². The van der Waals surface area contributed by atoms with Crippen molar-refractivity contribution in [1.82, 2.24) is 0 Å². The van der Waals surface area contributed by atoms with Gasteiger partial charge < -0.3 is 18.6 Å². The number of hydrogen-bond donors (Lipinski definition) is 0. The third-order valence-corrected chi connectivity index (χ3v) is 15.5. The summed E-state index contributed by atoms with van der Waals surface area (Å²) < 4.78 is 28.2. The number of rotatable bonds is 12. The average molecular weight is 699 g/mol. The van der Waals surface area contributed by atoms with Gasteiger partial charge in [0, 0.05) is 18.4 Å². The van der Waals surface area contributed by atoms with Gasteiger partial charge >= 0.3 is 0 Å². The van der Waals surface area contributed by atoms with Crippen molar-refractivity contribution in [3.63, 3.8) is 0 Å². The SMILES string of the molecule is C[C@H]1[C@H]([C@@H](C)CO[Si](c2ccccc2)(c2ccccc2)C(C)(C)C)OC(C)(C)O[C@@H]1COC(c1ccccc1)(c1ccccc1)c1ccccc1. The molecule has 0 aromatic heterocycles. The molecule has 1 saturated heterocycles. The summed E-state index contributed by atoms with van der Waals surface area (Å²) in [6.07, 6.45) is -0.329. The van der Waals surface area contributed by atoms with Crippen molar-refractivity contribution >= 4 is 18.7 Å². The second kappa shape index (κ2) is 15.4. The molecule has 1 aliphatic heterocycles. The van der Waals surface area contributed by atoms with E-state index >= 15 is 0 Å². The van der Waals surface area contributed by atoms with E-state index in [9.17, 15) is 0 Å². The molecule has 266 valence electrons. The fraction of sp³-hybridized carbons (Fsp3) is 0.348. The van der Waals surface area contributed by atoms with E-state index in [2.05, 4.69) is 186 Å². The Hall–Kier alpha value is -3.84. The van der Waals surface area contributed by atoms with Gasteiger partial charge in [0.15, 0.2) is 5.79 Å². The summed E-state index contributed by atoms with van der Waals surface area (Å²) in [7, 11) is -2.71. The lowest BCUT2D eigenvalue weighted by atomic mass is 9.80. The van der Waals surface area contributed by atoms with E-state index in [0.29, 0.717) is 13.2 Å². The second-order valence-corrected chi connectivity index (χ2v) is 19.8. The van der Waals surface area contributed by atoms with Crippen molar-refractivity contribution in [1.29, 1.82) is 0 Å². The highest BCUT2D eigenvalue weighted by Crippen LogP contribution is 2.43. The highest BCUT2D eigenvalue weighted by Gasteiger charge is 2.51. The molecule has 4 atom stereocenters. The lowest BCUT2D eigenvalue weighted by Gasteiger charge is -2.49. The van der Waals surface area contributed by atoms with E-state index in [0.717, 1.165) is 16.7 Å². The van der Waals surface area contributed by atoms with E-state index < -0.39 is 19.7 Å². The van der Waals surface area contributed by atoms with Crippen molar-refractivity contribution < 1.29 is 18.6 Å². The van der Waals surface area contributed by atoms with Crippen LogP contribution in [0.4, 0.5) is 0 Å². The molecule has 5 heteroatoms. The van der Waals surface area contributed by atoms with Crippen LogP contribution in [0.5, 0.6) is 0 Å². The Morgan fingerprint density at radius 1 is 0.627 bits per heavy atom. The molecule has 1 heterocycles. The average Bonchev–Trinajstić information content (AvgIpc) is 3.15. The van der Waals surface area contributed by atoms with Crippen LogP contribution < -0.4 is 10.4 Å². The predicted molar refractivity (Wildman–Crippen MR) is 211 cm³/mol. The first-order valence-corrected chi connectivity index (χ1v) is 20.3. The van der Waals surface area contributed by atoms with Crippen molar-refractivity contribution in [3.05, 3.63) is 168 Å². The summed E-state index contributed by atoms with van der Waals surface area (Å²) >= 11 is 0. The van der Waals surface area contributed by atoms with Crippen LogP contribution in [0, 0.1) is 11.8 Å². The third kappa shape index (κ3) is 7.55. The summed E-state index contributed by atoms with van der Waals surface area (Å²) in [5.41, 5.74) is 2.39. The van der Waals surface area contributed by atoms with Crippen LogP contribution in [-0.2, 0) is 24.2 Å². The Balaban J connectivity index is 1.31. The molecule has 51 heavy (non-hydrogen) atoms. The van der Waals surface area contributed by atoms with Crippen LogP contribution in [0.25, 0.3) is 0 Å². The second-order valence-electron chi connectivity index (χ2n) is 15.5. The Labute approximate surface area is 306 Å². The van der Waals surface area contributed by atoms with Crippen LogP contribution in [0.3, 0.4) is 0 Å².